The zero-order chi connectivity index (χ0) is 31.3. The summed E-state index contributed by atoms with van der Waals surface area (Å²) in [6.07, 6.45) is 3.32. The van der Waals surface area contributed by atoms with Crippen LogP contribution in [0.3, 0.4) is 0 Å². The topological polar surface area (TPSA) is 138 Å². The Morgan fingerprint density at radius 1 is 1.02 bits per heavy atom. The average molecular weight is 599 g/mol. The van der Waals surface area contributed by atoms with Gasteiger partial charge in [-0.15, -0.1) is 0 Å². The number of nitrogens with zero attached hydrogens (tertiary/aromatic N) is 5. The third-order valence-electron chi connectivity index (χ3n) is 7.04. The van der Waals surface area contributed by atoms with E-state index in [1.54, 1.807) is 30.4 Å². The van der Waals surface area contributed by atoms with Crippen molar-refractivity contribution in [3.8, 4) is 22.8 Å². The number of carbonyl (C=O) groups is 3. The van der Waals surface area contributed by atoms with Crippen molar-refractivity contribution >= 4 is 34.8 Å². The third kappa shape index (κ3) is 6.86. The molecule has 1 atom stereocenters. The van der Waals surface area contributed by atoms with Crippen LogP contribution in [0.1, 0.15) is 39.7 Å². The summed E-state index contributed by atoms with van der Waals surface area (Å²) in [4.78, 5) is 47.8. The van der Waals surface area contributed by atoms with Crippen molar-refractivity contribution in [2.45, 2.75) is 39.7 Å². The zero-order valence-electron chi connectivity index (χ0n) is 24.9. The summed E-state index contributed by atoms with van der Waals surface area (Å²) in [5.74, 6) is 0.861. The van der Waals surface area contributed by atoms with Crippen LogP contribution in [0.5, 0.6) is 11.5 Å². The number of rotatable bonds is 8. The van der Waals surface area contributed by atoms with Crippen molar-refractivity contribution in [1.82, 2.24) is 24.6 Å². The number of fused-ring (bicyclic) bond motifs is 1. The molecule has 5 rings (SSSR count). The highest BCUT2D eigenvalue weighted by molar-refractivity contribution is 6.03. The molecule has 1 N–H and O–H groups in total. The number of piperidine rings is 1. The average Bonchev–Trinajstić information content (AvgIpc) is 3.42. The Morgan fingerprint density at radius 2 is 1.75 bits per heavy atom. The van der Waals surface area contributed by atoms with Gasteiger partial charge in [-0.2, -0.15) is 5.10 Å². The molecule has 1 aliphatic rings. The first kappa shape index (κ1) is 30.2. The monoisotopic (exact) mass is 598 g/mol. The SMILES string of the molecule is C=CC(=O)N1CCC[C@@H](n2nc(-c3ccc(Oc4ccccc4)cc3)c3c(NC(=O)OCOC(=O)C(C)(C)C)ncnc32)C1. The van der Waals surface area contributed by atoms with Crippen LogP contribution in [0.2, 0.25) is 0 Å². The molecule has 3 heterocycles. The minimum Gasteiger partial charge on any atom is -0.457 e. The molecule has 44 heavy (non-hydrogen) atoms. The number of ether oxygens (including phenoxy) is 3. The molecule has 0 bridgehead atoms. The number of para-hydroxylation sites is 1. The Balaban J connectivity index is 1.47. The van der Waals surface area contributed by atoms with Crippen LogP contribution in [-0.2, 0) is 19.1 Å². The molecule has 228 valence electrons. The number of esters is 1. The Bertz CT molecular complexity index is 1660. The van der Waals surface area contributed by atoms with Crippen molar-refractivity contribution in [3.05, 3.63) is 73.6 Å². The molecule has 2 aromatic heterocycles. The van der Waals surface area contributed by atoms with Crippen molar-refractivity contribution in [3.63, 3.8) is 0 Å². The molecule has 1 fully saturated rings. The van der Waals surface area contributed by atoms with E-state index in [4.69, 9.17) is 19.3 Å². The fourth-order valence-corrected chi connectivity index (χ4v) is 4.80. The number of anilines is 1. The first-order valence-electron chi connectivity index (χ1n) is 14.2. The highest BCUT2D eigenvalue weighted by Crippen LogP contribution is 2.36. The van der Waals surface area contributed by atoms with E-state index in [1.807, 2.05) is 54.6 Å². The third-order valence-corrected chi connectivity index (χ3v) is 7.04. The van der Waals surface area contributed by atoms with Crippen molar-refractivity contribution in [2.75, 3.05) is 25.2 Å². The second kappa shape index (κ2) is 12.9. The molecule has 2 aromatic carbocycles. The van der Waals surface area contributed by atoms with Crippen molar-refractivity contribution in [1.29, 1.82) is 0 Å². The van der Waals surface area contributed by atoms with E-state index >= 15 is 0 Å². The minimum atomic E-state index is -0.863. The minimum absolute atomic E-state index is 0.146. The first-order valence-corrected chi connectivity index (χ1v) is 14.2. The van der Waals surface area contributed by atoms with Gasteiger partial charge in [-0.1, -0.05) is 24.8 Å². The molecule has 0 aliphatic carbocycles. The van der Waals surface area contributed by atoms with E-state index in [2.05, 4.69) is 21.9 Å². The molecule has 1 saturated heterocycles. The second-order valence-electron chi connectivity index (χ2n) is 11.3. The predicted molar refractivity (Wildman–Crippen MR) is 163 cm³/mol. The van der Waals surface area contributed by atoms with E-state index in [1.165, 1.54) is 12.4 Å². The smallest absolute Gasteiger partial charge is 0.415 e. The summed E-state index contributed by atoms with van der Waals surface area (Å²) in [6.45, 7) is 9.22. The normalized spacial score (nSPS) is 15.0. The molecule has 0 spiro atoms. The maximum Gasteiger partial charge on any atom is 0.415 e. The van der Waals surface area contributed by atoms with Gasteiger partial charge in [-0.3, -0.25) is 14.9 Å². The van der Waals surface area contributed by atoms with Crippen LogP contribution in [0.4, 0.5) is 10.6 Å². The fraction of sp³-hybridized carbons (Fsp3) is 0.312. The molecule has 0 saturated carbocycles. The van der Waals surface area contributed by atoms with Gasteiger partial charge in [0.2, 0.25) is 12.7 Å². The summed E-state index contributed by atoms with van der Waals surface area (Å²) in [5, 5.41) is 8.08. The summed E-state index contributed by atoms with van der Waals surface area (Å²) < 4.78 is 17.9. The zero-order valence-corrected chi connectivity index (χ0v) is 24.9. The molecule has 2 amide bonds. The van der Waals surface area contributed by atoms with E-state index in [-0.39, 0.29) is 17.8 Å². The lowest BCUT2D eigenvalue weighted by Crippen LogP contribution is -2.40. The fourth-order valence-electron chi connectivity index (χ4n) is 4.80. The lowest BCUT2D eigenvalue weighted by Gasteiger charge is -2.32. The lowest BCUT2D eigenvalue weighted by molar-refractivity contribution is -0.161. The summed E-state index contributed by atoms with van der Waals surface area (Å²) in [7, 11) is 0. The number of nitrogens with one attached hydrogen (secondary N) is 1. The molecule has 0 radical (unpaired) electrons. The molecular formula is C32H34N6O6. The number of hydrogen-bond donors (Lipinski definition) is 1. The maximum atomic E-state index is 12.7. The number of likely N-dealkylation sites (tertiary alicyclic amines) is 1. The van der Waals surface area contributed by atoms with Gasteiger partial charge in [0.25, 0.3) is 0 Å². The number of carbonyl (C=O) groups excluding carboxylic acids is 3. The summed E-state index contributed by atoms with van der Waals surface area (Å²) in [5.41, 5.74) is 0.990. The molecule has 12 heteroatoms. The second-order valence-corrected chi connectivity index (χ2v) is 11.3. The summed E-state index contributed by atoms with van der Waals surface area (Å²) in [6, 6.07) is 16.6. The highest BCUT2D eigenvalue weighted by atomic mass is 16.7. The van der Waals surface area contributed by atoms with Gasteiger partial charge < -0.3 is 19.1 Å². The number of hydrogen-bond acceptors (Lipinski definition) is 9. The van der Waals surface area contributed by atoms with Crippen LogP contribution >= 0.6 is 0 Å². The van der Waals surface area contributed by atoms with Gasteiger partial charge in [0, 0.05) is 18.7 Å². The van der Waals surface area contributed by atoms with Gasteiger partial charge in [0.05, 0.1) is 16.8 Å². The number of benzene rings is 2. The Morgan fingerprint density at radius 3 is 2.45 bits per heavy atom. The van der Waals surface area contributed by atoms with E-state index in [0.717, 1.165) is 18.4 Å². The molecule has 0 unspecified atom stereocenters. The van der Waals surface area contributed by atoms with Gasteiger partial charge in [0.15, 0.2) is 11.5 Å². The quantitative estimate of drug-likeness (QED) is 0.153. The van der Waals surface area contributed by atoms with Crippen LogP contribution in [0.15, 0.2) is 73.6 Å². The Hall–Kier alpha value is -5.26. The number of aromatic nitrogens is 4. The van der Waals surface area contributed by atoms with E-state index < -0.39 is 24.3 Å². The van der Waals surface area contributed by atoms with Gasteiger partial charge in [-0.05, 0) is 76.1 Å². The molecule has 4 aromatic rings. The first-order chi connectivity index (χ1) is 21.1. The Labute approximate surface area is 254 Å². The van der Waals surface area contributed by atoms with Gasteiger partial charge in [0.1, 0.15) is 23.5 Å². The largest absolute Gasteiger partial charge is 0.457 e. The van der Waals surface area contributed by atoms with E-state index in [9.17, 15) is 14.4 Å². The molecule has 12 nitrogen and oxygen atoms in total. The van der Waals surface area contributed by atoms with Crippen LogP contribution in [0, 0.1) is 5.41 Å². The van der Waals surface area contributed by atoms with Crippen LogP contribution < -0.4 is 10.1 Å². The molecular weight excluding hydrogens is 564 g/mol. The summed E-state index contributed by atoms with van der Waals surface area (Å²) >= 11 is 0. The maximum absolute atomic E-state index is 12.7. The van der Waals surface area contributed by atoms with Gasteiger partial charge >= 0.3 is 12.1 Å². The standard InChI is InChI=1S/C32H34N6O6/c1-5-25(39)37-17-9-10-22(18-37)38-29-26(28(33-19-34-29)35-31(41)43-20-42-30(40)32(2,3)4)27(36-38)21-13-15-24(16-14-21)44-23-11-7-6-8-12-23/h5-8,11-16,19,22H,1,9-10,17-18,20H2,2-4H3,(H,33,34,35,41)/t22-/m1/s1. The van der Waals surface area contributed by atoms with Gasteiger partial charge in [-0.25, -0.2) is 19.4 Å². The predicted octanol–water partition coefficient (Wildman–Crippen LogP) is 5.73. The van der Waals surface area contributed by atoms with Crippen molar-refractivity contribution in [2.24, 2.45) is 5.41 Å². The van der Waals surface area contributed by atoms with Crippen molar-refractivity contribution < 1.29 is 28.6 Å². The lowest BCUT2D eigenvalue weighted by atomic mass is 9.98. The van der Waals surface area contributed by atoms with E-state index in [0.29, 0.717) is 41.3 Å². The Kier molecular flexibility index (Phi) is 8.88. The molecule has 1 aliphatic heterocycles. The van der Waals surface area contributed by atoms with Crippen LogP contribution in [0.25, 0.3) is 22.3 Å². The highest BCUT2D eigenvalue weighted by Gasteiger charge is 2.29. The van der Waals surface area contributed by atoms with Crippen LogP contribution in [-0.4, -0.2) is 62.5 Å². The number of amides is 2.